The van der Waals surface area contributed by atoms with Crippen molar-refractivity contribution in [3.05, 3.63) is 114 Å². The van der Waals surface area contributed by atoms with Gasteiger partial charge in [0.1, 0.15) is 0 Å². The van der Waals surface area contributed by atoms with Gasteiger partial charge in [0, 0.05) is 50.1 Å². The summed E-state index contributed by atoms with van der Waals surface area (Å²) in [5.41, 5.74) is 3.78. The van der Waals surface area contributed by atoms with E-state index in [1.807, 2.05) is 47.6 Å². The Balaban J connectivity index is 1.08. The summed E-state index contributed by atoms with van der Waals surface area (Å²) in [6.45, 7) is 3.87. The molecule has 2 saturated heterocycles. The van der Waals surface area contributed by atoms with Crippen LogP contribution < -0.4 is 0 Å². The van der Waals surface area contributed by atoms with Crippen LogP contribution in [0.5, 0.6) is 0 Å². The predicted molar refractivity (Wildman–Crippen MR) is 157 cm³/mol. The zero-order chi connectivity index (χ0) is 29.2. The van der Waals surface area contributed by atoms with Gasteiger partial charge in [0.05, 0.1) is 29.8 Å². The molecule has 0 saturated carbocycles. The molecule has 0 N–H and O–H groups in total. The second kappa shape index (κ2) is 11.8. The van der Waals surface area contributed by atoms with Gasteiger partial charge < -0.3 is 4.90 Å². The van der Waals surface area contributed by atoms with Crippen molar-refractivity contribution < 1.29 is 9.18 Å². The second-order valence-electron chi connectivity index (χ2n) is 11.2. The normalized spacial score (nSPS) is 17.9. The van der Waals surface area contributed by atoms with Crippen molar-refractivity contribution in [1.82, 2.24) is 44.3 Å². The molecule has 2 aliphatic heterocycles. The zero-order valence-electron chi connectivity index (χ0n) is 23.7. The number of pyridine rings is 1. The molecule has 1 amide bonds. The molecule has 1 atom stereocenters. The molecule has 2 aliphatic rings. The van der Waals surface area contributed by atoms with Gasteiger partial charge in [-0.25, -0.2) is 28.7 Å². The minimum atomic E-state index is -0.516. The van der Waals surface area contributed by atoms with E-state index in [4.69, 9.17) is 0 Å². The van der Waals surface area contributed by atoms with Crippen molar-refractivity contribution in [3.8, 4) is 11.8 Å². The summed E-state index contributed by atoms with van der Waals surface area (Å²) < 4.78 is 17.0. The average Bonchev–Trinajstić information content (AvgIpc) is 3.84. The number of likely N-dealkylation sites (tertiary alicyclic amines) is 2. The molecule has 2 fully saturated rings. The molecule has 0 unspecified atom stereocenters. The lowest BCUT2D eigenvalue weighted by molar-refractivity contribution is 0.0788. The Morgan fingerprint density at radius 1 is 0.837 bits per heavy atom. The first kappa shape index (κ1) is 27.1. The number of hydrogen-bond donors (Lipinski definition) is 0. The lowest BCUT2D eigenvalue weighted by Gasteiger charge is -2.32. The number of rotatable bonds is 7. The van der Waals surface area contributed by atoms with E-state index in [1.165, 1.54) is 5.56 Å². The fraction of sp³-hybridized carbons (Fsp3) is 0.312. The minimum Gasteiger partial charge on any atom is -0.338 e. The van der Waals surface area contributed by atoms with Crippen LogP contribution in [0.4, 0.5) is 4.39 Å². The number of aromatic nitrogens is 7. The summed E-state index contributed by atoms with van der Waals surface area (Å²) in [6, 6.07) is 16.3. The van der Waals surface area contributed by atoms with Crippen LogP contribution in [-0.4, -0.2) is 76.4 Å². The highest BCUT2D eigenvalue weighted by atomic mass is 19.1. The maximum absolute atomic E-state index is 14.0. The molecule has 7 rings (SSSR count). The van der Waals surface area contributed by atoms with Gasteiger partial charge in [0.15, 0.2) is 11.6 Å². The Kier molecular flexibility index (Phi) is 7.46. The van der Waals surface area contributed by atoms with E-state index in [-0.39, 0.29) is 17.8 Å². The van der Waals surface area contributed by atoms with Crippen LogP contribution in [0.15, 0.2) is 85.7 Å². The van der Waals surface area contributed by atoms with Gasteiger partial charge in [-0.15, -0.1) is 0 Å². The molecular weight excluding hydrogens is 545 g/mol. The van der Waals surface area contributed by atoms with Crippen LogP contribution in [0.1, 0.15) is 58.3 Å². The summed E-state index contributed by atoms with van der Waals surface area (Å²) in [5, 5.41) is 8.81. The maximum atomic E-state index is 14.0. The van der Waals surface area contributed by atoms with Gasteiger partial charge >= 0.3 is 0 Å². The first-order valence-corrected chi connectivity index (χ1v) is 14.7. The van der Waals surface area contributed by atoms with Crippen LogP contribution in [0.3, 0.4) is 0 Å². The number of piperidine rings is 1. The summed E-state index contributed by atoms with van der Waals surface area (Å²) in [7, 11) is 0. The van der Waals surface area contributed by atoms with Gasteiger partial charge in [-0.2, -0.15) is 10.2 Å². The van der Waals surface area contributed by atoms with E-state index in [2.05, 4.69) is 48.2 Å². The van der Waals surface area contributed by atoms with Gasteiger partial charge in [-0.1, -0.05) is 36.4 Å². The number of nitrogens with zero attached hydrogens (tertiary/aromatic N) is 9. The smallest absolute Gasteiger partial charge is 0.257 e. The Labute approximate surface area is 248 Å². The number of amides is 1. The molecule has 5 aromatic rings. The molecule has 6 heterocycles. The standard InChI is InChI=1S/C32H32FN9O/c33-27-18-35-32(36-19-27)42-30(28(20-38-42)31(43)40-16-11-26(22-40)24-5-2-1-3-6-24)25-9-14-39(15-10-25)21-23-7-8-29(34-17-23)41-13-4-12-37-41/h1-8,12-13,17-20,25-26H,9-11,14-16,21-22H2/t26-/m0/s1. The number of carbonyl (C=O) groups is 1. The van der Waals surface area contributed by atoms with E-state index in [1.54, 1.807) is 21.8 Å². The quantitative estimate of drug-likeness (QED) is 0.283. The Morgan fingerprint density at radius 3 is 2.35 bits per heavy atom. The Hall–Kier alpha value is -4.77. The topological polar surface area (TPSA) is 97.9 Å². The zero-order valence-corrected chi connectivity index (χ0v) is 23.7. The highest BCUT2D eigenvalue weighted by Crippen LogP contribution is 2.34. The summed E-state index contributed by atoms with van der Waals surface area (Å²) >= 11 is 0. The van der Waals surface area contributed by atoms with E-state index >= 15 is 0 Å². The maximum Gasteiger partial charge on any atom is 0.257 e. The Morgan fingerprint density at radius 2 is 1.63 bits per heavy atom. The van der Waals surface area contributed by atoms with Crippen molar-refractivity contribution in [1.29, 1.82) is 0 Å². The number of benzene rings is 1. The molecule has 0 aliphatic carbocycles. The molecule has 4 aromatic heterocycles. The Bertz CT molecular complexity index is 1660. The fourth-order valence-corrected chi connectivity index (χ4v) is 6.27. The van der Waals surface area contributed by atoms with Crippen molar-refractivity contribution in [3.63, 3.8) is 0 Å². The molecular formula is C32H32FN9O. The molecule has 10 nitrogen and oxygen atoms in total. The van der Waals surface area contributed by atoms with Gasteiger partial charge in [-0.3, -0.25) is 9.69 Å². The van der Waals surface area contributed by atoms with Crippen LogP contribution in [-0.2, 0) is 6.54 Å². The van der Waals surface area contributed by atoms with E-state index in [0.717, 1.165) is 68.4 Å². The van der Waals surface area contributed by atoms with Crippen molar-refractivity contribution >= 4 is 5.91 Å². The second-order valence-corrected chi connectivity index (χ2v) is 11.2. The summed E-state index contributed by atoms with van der Waals surface area (Å²) in [5.74, 6) is 0.916. The van der Waals surface area contributed by atoms with Crippen LogP contribution in [0.25, 0.3) is 11.8 Å². The van der Waals surface area contributed by atoms with Crippen LogP contribution in [0.2, 0.25) is 0 Å². The van der Waals surface area contributed by atoms with Gasteiger partial charge in [0.2, 0.25) is 0 Å². The van der Waals surface area contributed by atoms with Crippen LogP contribution >= 0.6 is 0 Å². The van der Waals surface area contributed by atoms with Crippen LogP contribution in [0, 0.1) is 5.82 Å². The monoisotopic (exact) mass is 577 g/mol. The molecule has 11 heteroatoms. The lowest BCUT2D eigenvalue weighted by atomic mass is 9.90. The lowest BCUT2D eigenvalue weighted by Crippen LogP contribution is -2.34. The molecule has 43 heavy (non-hydrogen) atoms. The third-order valence-corrected chi connectivity index (χ3v) is 8.51. The van der Waals surface area contributed by atoms with E-state index < -0.39 is 5.82 Å². The van der Waals surface area contributed by atoms with Gasteiger partial charge in [-0.05, 0) is 55.6 Å². The number of hydrogen-bond acceptors (Lipinski definition) is 7. The largest absolute Gasteiger partial charge is 0.338 e. The predicted octanol–water partition coefficient (Wildman–Crippen LogP) is 4.39. The molecule has 0 bridgehead atoms. The average molecular weight is 578 g/mol. The minimum absolute atomic E-state index is 0.0208. The summed E-state index contributed by atoms with van der Waals surface area (Å²) in [6.07, 6.45) is 12.0. The molecule has 218 valence electrons. The first-order chi connectivity index (χ1) is 21.1. The van der Waals surface area contributed by atoms with E-state index in [0.29, 0.717) is 24.6 Å². The molecule has 0 radical (unpaired) electrons. The van der Waals surface area contributed by atoms with Crippen molar-refractivity contribution in [2.75, 3.05) is 26.2 Å². The SMILES string of the molecule is O=C(c1cnn(-c2ncc(F)cn2)c1C1CCN(Cc2ccc(-n3cccn3)nc2)CC1)N1CC[C@H](c2ccccc2)C1. The third-order valence-electron chi connectivity index (χ3n) is 8.51. The number of carbonyl (C=O) groups excluding carboxylic acids is 1. The summed E-state index contributed by atoms with van der Waals surface area (Å²) in [4.78, 5) is 31.2. The highest BCUT2D eigenvalue weighted by molar-refractivity contribution is 5.95. The van der Waals surface area contributed by atoms with E-state index in [9.17, 15) is 9.18 Å². The third kappa shape index (κ3) is 5.68. The van der Waals surface area contributed by atoms with Crippen molar-refractivity contribution in [2.45, 2.75) is 37.6 Å². The molecule has 1 aromatic carbocycles. The fourth-order valence-electron chi connectivity index (χ4n) is 6.27. The molecule has 0 spiro atoms. The first-order valence-electron chi connectivity index (χ1n) is 14.7. The number of halogens is 1. The highest BCUT2D eigenvalue weighted by Gasteiger charge is 2.34. The van der Waals surface area contributed by atoms with Crippen molar-refractivity contribution in [2.24, 2.45) is 0 Å². The van der Waals surface area contributed by atoms with Gasteiger partial charge in [0.25, 0.3) is 11.9 Å².